The number of nitrogens with one attached hydrogen (secondary N) is 2. The molecule has 0 aliphatic heterocycles. The van der Waals surface area contributed by atoms with Crippen LogP contribution in [0.3, 0.4) is 0 Å². The molecule has 1 rings (SSSR count). The highest BCUT2D eigenvalue weighted by atomic mass is 16.5. The lowest BCUT2D eigenvalue weighted by molar-refractivity contribution is -0.140. The minimum atomic E-state index is -0.331. The second-order valence-electron chi connectivity index (χ2n) is 7.06. The van der Waals surface area contributed by atoms with Crippen LogP contribution in [0.1, 0.15) is 52.9 Å². The van der Waals surface area contributed by atoms with E-state index in [0.717, 1.165) is 32.1 Å². The van der Waals surface area contributed by atoms with E-state index in [1.165, 1.54) is 0 Å². The highest BCUT2D eigenvalue weighted by molar-refractivity contribution is 5.95. The first-order chi connectivity index (χ1) is 13.9. The van der Waals surface area contributed by atoms with Gasteiger partial charge in [-0.3, -0.25) is 14.4 Å². The summed E-state index contributed by atoms with van der Waals surface area (Å²) in [5.74, 6) is 0.0166. The average Bonchev–Trinajstić information content (AvgIpc) is 2.73. The Bertz CT molecular complexity index is 646. The van der Waals surface area contributed by atoms with Crippen LogP contribution in [0.15, 0.2) is 24.3 Å². The number of rotatable bonds is 13. The van der Waals surface area contributed by atoms with Gasteiger partial charge in [-0.2, -0.15) is 0 Å². The van der Waals surface area contributed by atoms with E-state index in [4.69, 9.17) is 4.74 Å². The minimum absolute atomic E-state index is 0.0227. The summed E-state index contributed by atoms with van der Waals surface area (Å²) in [4.78, 5) is 38.8. The molecule has 29 heavy (non-hydrogen) atoms. The van der Waals surface area contributed by atoms with Gasteiger partial charge in [0.1, 0.15) is 5.75 Å². The van der Waals surface area contributed by atoms with Crippen LogP contribution in [0.25, 0.3) is 0 Å². The first-order valence-corrected chi connectivity index (χ1v) is 10.4. The van der Waals surface area contributed by atoms with E-state index in [0.29, 0.717) is 18.0 Å². The summed E-state index contributed by atoms with van der Waals surface area (Å²) in [5, 5.41) is 5.31. The molecule has 0 radical (unpaired) electrons. The molecule has 0 aliphatic carbocycles. The first-order valence-electron chi connectivity index (χ1n) is 10.4. The molecule has 1 aromatic carbocycles. The van der Waals surface area contributed by atoms with Crippen LogP contribution in [-0.4, -0.2) is 49.4 Å². The van der Waals surface area contributed by atoms with Crippen molar-refractivity contribution in [2.24, 2.45) is 5.92 Å². The predicted octanol–water partition coefficient (Wildman–Crippen LogP) is 3.20. The molecular weight excluding hydrogens is 370 g/mol. The molecule has 0 saturated heterocycles. The fraction of sp³-hybridized carbons (Fsp3) is 0.591. The molecule has 0 heterocycles. The Morgan fingerprint density at radius 3 is 2.28 bits per heavy atom. The summed E-state index contributed by atoms with van der Waals surface area (Å²) in [6.07, 6.45) is 4.44. The molecule has 2 N–H and O–H groups in total. The zero-order valence-corrected chi connectivity index (χ0v) is 18.1. The summed E-state index contributed by atoms with van der Waals surface area (Å²) in [6, 6.07) is 6.93. The van der Waals surface area contributed by atoms with Crippen LogP contribution >= 0.6 is 0 Å². The summed E-state index contributed by atoms with van der Waals surface area (Å²) < 4.78 is 5.07. The van der Waals surface area contributed by atoms with E-state index in [1.54, 1.807) is 36.3 Å². The van der Waals surface area contributed by atoms with Crippen molar-refractivity contribution in [3.63, 3.8) is 0 Å². The number of nitrogens with zero attached hydrogens (tertiary/aromatic N) is 1. The van der Waals surface area contributed by atoms with Crippen LogP contribution in [0.2, 0.25) is 0 Å². The van der Waals surface area contributed by atoms with E-state index in [-0.39, 0.29) is 36.7 Å². The van der Waals surface area contributed by atoms with Crippen molar-refractivity contribution >= 4 is 23.4 Å². The predicted molar refractivity (Wildman–Crippen MR) is 115 cm³/mol. The number of unbranched alkanes of at least 4 members (excludes halogenated alkanes) is 1. The Morgan fingerprint density at radius 2 is 1.72 bits per heavy atom. The smallest absolute Gasteiger partial charge is 0.243 e. The van der Waals surface area contributed by atoms with Gasteiger partial charge >= 0.3 is 0 Å². The Morgan fingerprint density at radius 1 is 1.03 bits per heavy atom. The third-order valence-corrected chi connectivity index (χ3v) is 4.71. The standard InChI is InChI=1S/C22H35N3O4/c1-5-8-9-17(7-3)22(28)25(14-6-2)16-21(27)23-15-20(26)24-18-10-12-19(29-4)13-11-18/h10-13,17H,5-9,14-16H2,1-4H3,(H,23,27)(H,24,26)/t17-/m0/s1. The molecule has 1 atom stereocenters. The van der Waals surface area contributed by atoms with E-state index in [1.807, 2.05) is 13.8 Å². The number of methoxy groups -OCH3 is 1. The molecule has 0 aliphatic rings. The number of anilines is 1. The van der Waals surface area contributed by atoms with Crippen LogP contribution in [0, 0.1) is 5.92 Å². The fourth-order valence-electron chi connectivity index (χ4n) is 3.04. The zero-order valence-electron chi connectivity index (χ0n) is 18.1. The molecule has 0 spiro atoms. The van der Waals surface area contributed by atoms with Crippen LogP contribution in [0.4, 0.5) is 5.69 Å². The summed E-state index contributed by atoms with van der Waals surface area (Å²) >= 11 is 0. The topological polar surface area (TPSA) is 87.7 Å². The number of carbonyl (C=O) groups excluding carboxylic acids is 3. The Hall–Kier alpha value is -2.57. The van der Waals surface area contributed by atoms with Gasteiger partial charge in [0, 0.05) is 18.2 Å². The lowest BCUT2D eigenvalue weighted by atomic mass is 9.97. The number of hydrogen-bond acceptors (Lipinski definition) is 4. The van der Waals surface area contributed by atoms with Crippen molar-refractivity contribution in [1.29, 1.82) is 0 Å². The minimum Gasteiger partial charge on any atom is -0.497 e. The number of benzene rings is 1. The summed E-state index contributed by atoms with van der Waals surface area (Å²) in [7, 11) is 1.57. The fourth-order valence-corrected chi connectivity index (χ4v) is 3.04. The molecule has 7 nitrogen and oxygen atoms in total. The van der Waals surface area contributed by atoms with Crippen molar-refractivity contribution < 1.29 is 19.1 Å². The molecule has 0 saturated carbocycles. The van der Waals surface area contributed by atoms with Crippen LogP contribution < -0.4 is 15.4 Å². The summed E-state index contributed by atoms with van der Waals surface area (Å²) in [6.45, 7) is 6.45. The number of carbonyl (C=O) groups is 3. The normalized spacial score (nSPS) is 11.4. The quantitative estimate of drug-likeness (QED) is 0.527. The molecule has 7 heteroatoms. The van der Waals surface area contributed by atoms with Gasteiger partial charge in [0.2, 0.25) is 17.7 Å². The third kappa shape index (κ3) is 8.98. The Kier molecular flexibility index (Phi) is 11.5. The molecule has 3 amide bonds. The van der Waals surface area contributed by atoms with Crippen molar-refractivity contribution in [3.05, 3.63) is 24.3 Å². The molecule has 0 aromatic heterocycles. The van der Waals surface area contributed by atoms with Gasteiger partial charge in [-0.25, -0.2) is 0 Å². The lowest BCUT2D eigenvalue weighted by Crippen LogP contribution is -2.45. The lowest BCUT2D eigenvalue weighted by Gasteiger charge is -2.26. The number of amides is 3. The van der Waals surface area contributed by atoms with Gasteiger partial charge < -0.3 is 20.3 Å². The average molecular weight is 406 g/mol. The van der Waals surface area contributed by atoms with E-state index < -0.39 is 0 Å². The zero-order chi connectivity index (χ0) is 21.6. The van der Waals surface area contributed by atoms with Gasteiger partial charge in [-0.05, 0) is 43.5 Å². The SMILES string of the molecule is CCCC[C@H](CC)C(=O)N(CCC)CC(=O)NCC(=O)Nc1ccc(OC)cc1. The van der Waals surface area contributed by atoms with E-state index >= 15 is 0 Å². The van der Waals surface area contributed by atoms with Crippen molar-refractivity contribution in [1.82, 2.24) is 10.2 Å². The molecule has 0 bridgehead atoms. The first kappa shape index (κ1) is 24.5. The summed E-state index contributed by atoms with van der Waals surface area (Å²) in [5.41, 5.74) is 0.620. The highest BCUT2D eigenvalue weighted by Gasteiger charge is 2.23. The molecular formula is C22H35N3O4. The third-order valence-electron chi connectivity index (χ3n) is 4.71. The van der Waals surface area contributed by atoms with Gasteiger partial charge in [0.25, 0.3) is 0 Å². The molecule has 0 unspecified atom stereocenters. The number of hydrogen-bond donors (Lipinski definition) is 2. The van der Waals surface area contributed by atoms with Crippen molar-refractivity contribution in [2.75, 3.05) is 32.1 Å². The second kappa shape index (κ2) is 13.6. The number of ether oxygens (including phenoxy) is 1. The Labute approximate surface area is 174 Å². The molecule has 1 aromatic rings. The largest absolute Gasteiger partial charge is 0.497 e. The maximum Gasteiger partial charge on any atom is 0.243 e. The van der Waals surface area contributed by atoms with Crippen molar-refractivity contribution in [3.8, 4) is 5.75 Å². The maximum absolute atomic E-state index is 12.8. The van der Waals surface area contributed by atoms with Gasteiger partial charge in [-0.1, -0.05) is 33.6 Å². The molecule has 0 fully saturated rings. The van der Waals surface area contributed by atoms with Crippen molar-refractivity contribution in [2.45, 2.75) is 52.9 Å². The van der Waals surface area contributed by atoms with E-state index in [2.05, 4.69) is 17.6 Å². The molecule has 162 valence electrons. The monoisotopic (exact) mass is 405 g/mol. The Balaban J connectivity index is 2.53. The van der Waals surface area contributed by atoms with Crippen LogP contribution in [0.5, 0.6) is 5.75 Å². The second-order valence-corrected chi connectivity index (χ2v) is 7.06. The van der Waals surface area contributed by atoms with Gasteiger partial charge in [0.15, 0.2) is 0 Å². The van der Waals surface area contributed by atoms with Gasteiger partial charge in [0.05, 0.1) is 20.2 Å². The maximum atomic E-state index is 12.8. The highest BCUT2D eigenvalue weighted by Crippen LogP contribution is 2.16. The van der Waals surface area contributed by atoms with E-state index in [9.17, 15) is 14.4 Å². The van der Waals surface area contributed by atoms with Gasteiger partial charge in [-0.15, -0.1) is 0 Å². The van der Waals surface area contributed by atoms with Crippen LogP contribution in [-0.2, 0) is 14.4 Å².